The lowest BCUT2D eigenvalue weighted by Crippen LogP contribution is -2.37. The van der Waals surface area contributed by atoms with Gasteiger partial charge >= 0.3 is 5.97 Å². The van der Waals surface area contributed by atoms with Crippen molar-refractivity contribution >= 4 is 21.9 Å². The van der Waals surface area contributed by atoms with E-state index in [2.05, 4.69) is 54.0 Å². The minimum absolute atomic E-state index is 0.0167. The van der Waals surface area contributed by atoms with Crippen LogP contribution in [0, 0.1) is 29.1 Å². The summed E-state index contributed by atoms with van der Waals surface area (Å²) in [6.07, 6.45) is 12.6. The third-order valence-electron chi connectivity index (χ3n) is 7.79. The number of esters is 1. The molecule has 150 valence electrons. The second-order valence-electron chi connectivity index (χ2n) is 9.13. The first-order chi connectivity index (χ1) is 13.0. The van der Waals surface area contributed by atoms with Crippen LogP contribution in [0.4, 0.5) is 0 Å². The Hall–Kier alpha value is -0.830. The third kappa shape index (κ3) is 3.86. The van der Waals surface area contributed by atoms with Crippen LogP contribution in [0.25, 0.3) is 0 Å². The van der Waals surface area contributed by atoms with Crippen molar-refractivity contribution in [1.82, 2.24) is 0 Å². The van der Waals surface area contributed by atoms with E-state index in [-0.39, 0.29) is 18.0 Å². The molecular formula is C24H35BrO2. The highest BCUT2D eigenvalue weighted by molar-refractivity contribution is 9.11. The number of carbonyl (C=O) groups is 1. The van der Waals surface area contributed by atoms with Gasteiger partial charge < -0.3 is 4.74 Å². The highest BCUT2D eigenvalue weighted by atomic mass is 79.9. The maximum atomic E-state index is 12.2. The largest absolute Gasteiger partial charge is 0.458 e. The van der Waals surface area contributed by atoms with Crippen molar-refractivity contribution in [2.24, 2.45) is 29.1 Å². The lowest BCUT2D eigenvalue weighted by atomic mass is 9.60. The molecule has 6 atom stereocenters. The molecule has 2 aliphatic carbocycles. The molecule has 2 saturated carbocycles. The first kappa shape index (κ1) is 20.9. The summed E-state index contributed by atoms with van der Waals surface area (Å²) in [6, 6.07) is 0. The number of ether oxygens (including phenoxy) is 1. The Kier molecular flexibility index (Phi) is 6.71. The van der Waals surface area contributed by atoms with Gasteiger partial charge in [-0.3, -0.25) is 0 Å². The summed E-state index contributed by atoms with van der Waals surface area (Å²) in [7, 11) is 0. The molecule has 0 unspecified atom stereocenters. The number of unbranched alkanes of at least 4 members (excludes halogenated alkanes) is 1. The summed E-state index contributed by atoms with van der Waals surface area (Å²) >= 11 is 3.61. The predicted molar refractivity (Wildman–Crippen MR) is 116 cm³/mol. The van der Waals surface area contributed by atoms with Gasteiger partial charge in [-0.2, -0.15) is 0 Å². The molecule has 3 fully saturated rings. The van der Waals surface area contributed by atoms with Gasteiger partial charge in [0.1, 0.15) is 6.10 Å². The summed E-state index contributed by atoms with van der Waals surface area (Å²) in [5.74, 6) is 1.73. The SMILES string of the molecule is C=C[C@H](C[C@H]1OC(=O)C(=C)[C@H]1CCCC)[C@H]1CC[C@H]2/C(=C/Br)CCC[C@]12C. The smallest absolute Gasteiger partial charge is 0.334 e. The second-order valence-corrected chi connectivity index (χ2v) is 9.59. The number of allylic oxidation sites excluding steroid dienone is 2. The minimum atomic E-state index is -0.179. The fourth-order valence-electron chi connectivity index (χ4n) is 6.27. The number of fused-ring (bicyclic) bond motifs is 1. The second kappa shape index (κ2) is 8.68. The number of halogens is 1. The van der Waals surface area contributed by atoms with Gasteiger partial charge in [0.2, 0.25) is 0 Å². The number of hydrogen-bond donors (Lipinski definition) is 0. The lowest BCUT2D eigenvalue weighted by Gasteiger charge is -2.44. The molecule has 3 aliphatic rings. The Labute approximate surface area is 173 Å². The van der Waals surface area contributed by atoms with Crippen molar-refractivity contribution in [1.29, 1.82) is 0 Å². The average Bonchev–Trinajstić information content (AvgIpc) is 3.14. The molecule has 1 aliphatic heterocycles. The van der Waals surface area contributed by atoms with E-state index in [1.54, 1.807) is 5.57 Å². The van der Waals surface area contributed by atoms with E-state index in [1.165, 1.54) is 32.1 Å². The summed E-state index contributed by atoms with van der Waals surface area (Å²) < 4.78 is 5.78. The van der Waals surface area contributed by atoms with Crippen molar-refractivity contribution in [3.8, 4) is 0 Å². The molecule has 3 heteroatoms. The first-order valence-corrected chi connectivity index (χ1v) is 11.7. The molecule has 1 saturated heterocycles. The van der Waals surface area contributed by atoms with Gasteiger partial charge in [-0.1, -0.05) is 60.8 Å². The number of carbonyl (C=O) groups excluding carboxylic acids is 1. The van der Waals surface area contributed by atoms with Crippen LogP contribution in [0.3, 0.4) is 0 Å². The lowest BCUT2D eigenvalue weighted by molar-refractivity contribution is -0.140. The predicted octanol–water partition coefficient (Wildman–Crippen LogP) is 6.96. The van der Waals surface area contributed by atoms with Crippen molar-refractivity contribution in [3.63, 3.8) is 0 Å². The highest BCUT2D eigenvalue weighted by Gasteiger charge is 2.52. The molecule has 0 aromatic heterocycles. The van der Waals surface area contributed by atoms with Crippen molar-refractivity contribution in [3.05, 3.63) is 35.4 Å². The molecule has 3 rings (SSSR count). The number of hydrogen-bond acceptors (Lipinski definition) is 2. The zero-order valence-corrected chi connectivity index (χ0v) is 18.6. The summed E-state index contributed by atoms with van der Waals surface area (Å²) in [6.45, 7) is 12.9. The van der Waals surface area contributed by atoms with E-state index in [1.807, 2.05) is 0 Å². The summed E-state index contributed by atoms with van der Waals surface area (Å²) in [5, 5.41) is 0. The molecule has 0 radical (unpaired) electrons. The zero-order chi connectivity index (χ0) is 19.6. The van der Waals surface area contributed by atoms with Crippen molar-refractivity contribution in [2.45, 2.75) is 77.7 Å². The van der Waals surface area contributed by atoms with Crippen LogP contribution in [0.15, 0.2) is 35.4 Å². The van der Waals surface area contributed by atoms with Crippen LogP contribution in [-0.2, 0) is 9.53 Å². The molecular weight excluding hydrogens is 400 g/mol. The highest BCUT2D eigenvalue weighted by Crippen LogP contribution is 2.60. The van der Waals surface area contributed by atoms with Crippen LogP contribution in [-0.4, -0.2) is 12.1 Å². The first-order valence-electron chi connectivity index (χ1n) is 10.8. The van der Waals surface area contributed by atoms with Crippen LogP contribution in [0.5, 0.6) is 0 Å². The maximum Gasteiger partial charge on any atom is 0.334 e. The summed E-state index contributed by atoms with van der Waals surface area (Å²) in [4.78, 5) is 14.3. The van der Waals surface area contributed by atoms with E-state index in [9.17, 15) is 4.79 Å². The van der Waals surface area contributed by atoms with Crippen LogP contribution >= 0.6 is 15.9 Å². The topological polar surface area (TPSA) is 26.3 Å². The number of rotatable bonds is 7. The minimum Gasteiger partial charge on any atom is -0.458 e. The quantitative estimate of drug-likeness (QED) is 0.245. The monoisotopic (exact) mass is 434 g/mol. The Balaban J connectivity index is 1.76. The fraction of sp³-hybridized carbons (Fsp3) is 0.708. The van der Waals surface area contributed by atoms with E-state index >= 15 is 0 Å². The normalized spacial score (nSPS) is 38.7. The standard InChI is InChI=1S/C24H35BrO2/c1-5-7-10-19-16(3)23(26)27-22(19)14-17(6-2)20-11-12-21-18(15-25)9-8-13-24(20,21)4/h6,15,17,19-22H,2-3,5,7-14H2,1,4H3/b18-15+/t17-,19-,20-,21+,22-,24-/m1/s1. The van der Waals surface area contributed by atoms with Gasteiger partial charge in [-0.15, -0.1) is 6.58 Å². The van der Waals surface area contributed by atoms with Gasteiger partial charge in [0, 0.05) is 11.5 Å². The molecule has 27 heavy (non-hydrogen) atoms. The third-order valence-corrected chi connectivity index (χ3v) is 8.38. The van der Waals surface area contributed by atoms with E-state index in [0.29, 0.717) is 28.7 Å². The van der Waals surface area contributed by atoms with Gasteiger partial charge in [-0.25, -0.2) is 4.79 Å². The molecule has 0 bridgehead atoms. The van der Waals surface area contributed by atoms with Gasteiger partial charge in [0.05, 0.1) is 0 Å². The Bertz CT molecular complexity index is 622. The number of cyclic esters (lactones) is 1. The van der Waals surface area contributed by atoms with Crippen LogP contribution < -0.4 is 0 Å². The molecule has 0 aromatic carbocycles. The van der Waals surface area contributed by atoms with Crippen LogP contribution in [0.1, 0.15) is 71.6 Å². The molecule has 1 heterocycles. The van der Waals surface area contributed by atoms with E-state index < -0.39 is 0 Å². The Morgan fingerprint density at radius 1 is 1.41 bits per heavy atom. The van der Waals surface area contributed by atoms with Crippen molar-refractivity contribution < 1.29 is 9.53 Å². The van der Waals surface area contributed by atoms with E-state index in [4.69, 9.17) is 4.74 Å². The molecule has 0 spiro atoms. The van der Waals surface area contributed by atoms with Crippen molar-refractivity contribution in [2.75, 3.05) is 0 Å². The van der Waals surface area contributed by atoms with Gasteiger partial charge in [0.15, 0.2) is 0 Å². The maximum absolute atomic E-state index is 12.2. The molecule has 2 nitrogen and oxygen atoms in total. The fourth-order valence-corrected chi connectivity index (χ4v) is 6.82. The van der Waals surface area contributed by atoms with E-state index in [0.717, 1.165) is 25.7 Å². The Morgan fingerprint density at radius 3 is 2.85 bits per heavy atom. The van der Waals surface area contributed by atoms with Gasteiger partial charge in [0.25, 0.3) is 0 Å². The van der Waals surface area contributed by atoms with Crippen LogP contribution in [0.2, 0.25) is 0 Å². The molecule has 0 amide bonds. The molecule has 0 N–H and O–H groups in total. The average molecular weight is 435 g/mol. The zero-order valence-electron chi connectivity index (χ0n) is 17.0. The molecule has 0 aromatic rings. The Morgan fingerprint density at radius 2 is 2.19 bits per heavy atom. The summed E-state index contributed by atoms with van der Waals surface area (Å²) in [5.41, 5.74) is 2.62. The van der Waals surface area contributed by atoms with Gasteiger partial charge in [-0.05, 0) is 73.1 Å².